The van der Waals surface area contributed by atoms with Crippen molar-refractivity contribution in [2.45, 2.75) is 6.54 Å². The van der Waals surface area contributed by atoms with E-state index in [9.17, 15) is 19.1 Å². The van der Waals surface area contributed by atoms with E-state index in [1.54, 1.807) is 18.2 Å². The van der Waals surface area contributed by atoms with Crippen molar-refractivity contribution in [1.29, 1.82) is 0 Å². The predicted octanol–water partition coefficient (Wildman–Crippen LogP) is 2.17. The lowest BCUT2D eigenvalue weighted by Gasteiger charge is -2.09. The summed E-state index contributed by atoms with van der Waals surface area (Å²) in [4.78, 5) is 34.7. The quantitative estimate of drug-likeness (QED) is 0.420. The highest BCUT2D eigenvalue weighted by molar-refractivity contribution is 5.90. The van der Waals surface area contributed by atoms with Gasteiger partial charge >= 0.3 is 12.1 Å². The van der Waals surface area contributed by atoms with Crippen LogP contribution >= 0.6 is 0 Å². The Hall–Kier alpha value is -4.21. The van der Waals surface area contributed by atoms with Crippen LogP contribution in [0.15, 0.2) is 47.3 Å². The number of aromatic amines is 1. The largest absolute Gasteiger partial charge is 0.508 e. The summed E-state index contributed by atoms with van der Waals surface area (Å²) in [5.41, 5.74) is 0.466. The van der Waals surface area contributed by atoms with Gasteiger partial charge in [0.1, 0.15) is 22.8 Å². The van der Waals surface area contributed by atoms with Gasteiger partial charge in [-0.3, -0.25) is 9.36 Å². The number of hydrogen-bond donors (Lipinski definition) is 3. The van der Waals surface area contributed by atoms with Gasteiger partial charge in [0.05, 0.1) is 13.7 Å². The summed E-state index contributed by atoms with van der Waals surface area (Å²) in [6.45, 7) is -0.116. The van der Waals surface area contributed by atoms with Gasteiger partial charge in [-0.05, 0) is 18.2 Å². The second-order valence-corrected chi connectivity index (χ2v) is 6.35. The van der Waals surface area contributed by atoms with Crippen LogP contribution in [0.25, 0.3) is 22.6 Å². The zero-order valence-corrected chi connectivity index (χ0v) is 15.6. The summed E-state index contributed by atoms with van der Waals surface area (Å²) in [5, 5.41) is 12.1. The molecule has 0 spiro atoms. The average Bonchev–Trinajstić information content (AvgIpc) is 3.05. The van der Waals surface area contributed by atoms with E-state index in [1.165, 1.54) is 42.4 Å². The van der Waals surface area contributed by atoms with Crippen molar-refractivity contribution >= 4 is 23.4 Å². The predicted molar refractivity (Wildman–Crippen MR) is 107 cm³/mol. The van der Waals surface area contributed by atoms with Crippen molar-refractivity contribution in [1.82, 2.24) is 19.5 Å². The zero-order valence-electron chi connectivity index (χ0n) is 15.6. The molecule has 0 saturated carbocycles. The van der Waals surface area contributed by atoms with Crippen LogP contribution in [0.3, 0.4) is 0 Å². The molecule has 2 heterocycles. The molecule has 151 valence electrons. The number of rotatable bonds is 6. The Morgan fingerprint density at radius 2 is 2.10 bits per heavy atom. The van der Waals surface area contributed by atoms with E-state index in [1.807, 2.05) is 0 Å². The number of benzene rings is 2. The first-order valence-electron chi connectivity index (χ1n) is 8.75. The number of amides is 1. The van der Waals surface area contributed by atoms with Gasteiger partial charge in [-0.2, -0.15) is 0 Å². The number of hydrogen-bond acceptors (Lipinski definition) is 6. The molecule has 0 aliphatic heterocycles. The summed E-state index contributed by atoms with van der Waals surface area (Å²) in [6.07, 6.45) is 1.52. The van der Waals surface area contributed by atoms with Crippen LogP contribution in [-0.2, 0) is 11.3 Å². The van der Waals surface area contributed by atoms with Gasteiger partial charge in [-0.15, -0.1) is 0 Å². The van der Waals surface area contributed by atoms with Gasteiger partial charge in [0, 0.05) is 17.2 Å². The molecule has 0 bridgehead atoms. The molecule has 4 rings (SSSR count). The van der Waals surface area contributed by atoms with Crippen molar-refractivity contribution in [3.05, 3.63) is 64.3 Å². The number of methoxy groups -OCH3 is 1. The van der Waals surface area contributed by atoms with Gasteiger partial charge in [0.15, 0.2) is 17.3 Å². The first-order valence-corrected chi connectivity index (χ1v) is 8.75. The van der Waals surface area contributed by atoms with Crippen LogP contribution in [0.1, 0.15) is 5.56 Å². The lowest BCUT2D eigenvalue weighted by Crippen LogP contribution is -2.18. The van der Waals surface area contributed by atoms with Crippen LogP contribution in [-0.4, -0.2) is 38.1 Å². The van der Waals surface area contributed by atoms with Gasteiger partial charge in [0.25, 0.3) is 0 Å². The Bertz CT molecular complexity index is 1310. The van der Waals surface area contributed by atoms with Gasteiger partial charge < -0.3 is 20.1 Å². The molecule has 4 aromatic rings. The molecule has 0 aliphatic carbocycles. The number of halogens is 1. The molecule has 10 heteroatoms. The Balaban J connectivity index is 1.89. The molecule has 3 N–H and O–H groups in total. The standard InChI is InChI=1S/C20H15FN5O4/c1-30-14-6-5-12(15(21)8-14)9-26-19-16(23-20(26)29)18(22-10-27)24-17(25-19)11-3-2-4-13(28)7-11/h2-8,28H,9H2,1H3,(H,23,29)(H,22,24,25,27). The van der Waals surface area contributed by atoms with Crippen molar-refractivity contribution in [2.75, 3.05) is 12.4 Å². The molecule has 0 fully saturated rings. The van der Waals surface area contributed by atoms with E-state index in [-0.39, 0.29) is 40.7 Å². The van der Waals surface area contributed by atoms with E-state index >= 15 is 0 Å². The SMILES string of the molecule is COc1ccc(Cn2c(=O)[nH]c3c(N[C]=O)nc(-c4cccc(O)c4)nc32)c(F)c1. The first kappa shape index (κ1) is 19.1. The van der Waals surface area contributed by atoms with Gasteiger partial charge in [0.2, 0.25) is 0 Å². The molecule has 1 amide bonds. The van der Waals surface area contributed by atoms with Gasteiger partial charge in [-0.25, -0.2) is 19.2 Å². The molecule has 2 aromatic carbocycles. The molecule has 9 nitrogen and oxygen atoms in total. The van der Waals surface area contributed by atoms with Crippen molar-refractivity contribution < 1.29 is 19.0 Å². The van der Waals surface area contributed by atoms with Gasteiger partial charge in [-0.1, -0.05) is 18.2 Å². The minimum Gasteiger partial charge on any atom is -0.508 e. The summed E-state index contributed by atoms with van der Waals surface area (Å²) in [6, 6.07) is 10.5. The fourth-order valence-electron chi connectivity index (χ4n) is 3.04. The maximum Gasteiger partial charge on any atom is 0.328 e. The highest BCUT2D eigenvalue weighted by atomic mass is 19.1. The lowest BCUT2D eigenvalue weighted by molar-refractivity contribution is 0.410. The molecule has 1 radical (unpaired) electrons. The Kier molecular flexibility index (Phi) is 4.88. The van der Waals surface area contributed by atoms with E-state index in [0.717, 1.165) is 0 Å². The molecule has 0 saturated heterocycles. The summed E-state index contributed by atoms with van der Waals surface area (Å²) in [5.74, 6) is -0.0145. The third-order valence-electron chi connectivity index (χ3n) is 4.49. The maximum absolute atomic E-state index is 14.4. The molecule has 0 aliphatic rings. The number of nitrogens with zero attached hydrogens (tertiary/aromatic N) is 3. The average molecular weight is 408 g/mol. The second-order valence-electron chi connectivity index (χ2n) is 6.35. The highest BCUT2D eigenvalue weighted by Gasteiger charge is 2.18. The maximum atomic E-state index is 14.4. The molecule has 30 heavy (non-hydrogen) atoms. The Morgan fingerprint density at radius 3 is 2.80 bits per heavy atom. The molecule has 0 unspecified atom stereocenters. The minimum atomic E-state index is -0.559. The number of imidazole rings is 1. The number of H-pyrrole nitrogens is 1. The van der Waals surface area contributed by atoms with E-state index in [2.05, 4.69) is 20.3 Å². The number of nitrogens with one attached hydrogen (secondary N) is 2. The third-order valence-corrected chi connectivity index (χ3v) is 4.49. The topological polar surface area (TPSA) is 122 Å². The lowest BCUT2D eigenvalue weighted by atomic mass is 10.2. The minimum absolute atomic E-state index is 0.000538. The summed E-state index contributed by atoms with van der Waals surface area (Å²) in [7, 11) is 1.43. The normalized spacial score (nSPS) is 10.9. The number of aromatic hydroxyl groups is 1. The molecular weight excluding hydrogens is 393 g/mol. The highest BCUT2D eigenvalue weighted by Crippen LogP contribution is 2.26. The molecule has 0 atom stereocenters. The van der Waals surface area contributed by atoms with Crippen LogP contribution in [0.2, 0.25) is 0 Å². The Morgan fingerprint density at radius 1 is 1.27 bits per heavy atom. The molecular formula is C20H15FN5O4. The van der Waals surface area contributed by atoms with E-state index in [4.69, 9.17) is 4.74 Å². The monoisotopic (exact) mass is 408 g/mol. The number of phenolic OH excluding ortho intramolecular Hbond substituents is 1. The third kappa shape index (κ3) is 3.46. The van der Waals surface area contributed by atoms with Crippen LogP contribution < -0.4 is 15.7 Å². The van der Waals surface area contributed by atoms with Crippen LogP contribution in [0, 0.1) is 5.82 Å². The number of ether oxygens (including phenoxy) is 1. The number of phenols is 1. The summed E-state index contributed by atoms with van der Waals surface area (Å²) < 4.78 is 20.6. The number of carbonyl (C=O) groups excluding carboxylic acids is 1. The van der Waals surface area contributed by atoms with E-state index < -0.39 is 11.5 Å². The number of fused-ring (bicyclic) bond motifs is 1. The zero-order chi connectivity index (χ0) is 21.3. The van der Waals surface area contributed by atoms with Crippen molar-refractivity contribution in [3.63, 3.8) is 0 Å². The van der Waals surface area contributed by atoms with Crippen LogP contribution in [0.4, 0.5) is 10.2 Å². The van der Waals surface area contributed by atoms with Crippen molar-refractivity contribution in [3.8, 4) is 22.9 Å². The fraction of sp³-hybridized carbons (Fsp3) is 0.100. The van der Waals surface area contributed by atoms with E-state index in [0.29, 0.717) is 11.3 Å². The van der Waals surface area contributed by atoms with Crippen LogP contribution in [0.5, 0.6) is 11.5 Å². The summed E-state index contributed by atoms with van der Waals surface area (Å²) >= 11 is 0. The smallest absolute Gasteiger partial charge is 0.328 e. The molecule has 2 aromatic heterocycles. The number of anilines is 1. The first-order chi connectivity index (χ1) is 14.5. The number of aromatic nitrogens is 4. The fourth-order valence-corrected chi connectivity index (χ4v) is 3.04. The van der Waals surface area contributed by atoms with Crippen molar-refractivity contribution in [2.24, 2.45) is 0 Å². The second kappa shape index (κ2) is 7.66. The Labute approximate surface area is 168 Å².